The second-order valence-corrected chi connectivity index (χ2v) is 7.12. The van der Waals surface area contributed by atoms with Gasteiger partial charge in [-0.1, -0.05) is 60.7 Å². The van der Waals surface area contributed by atoms with Crippen molar-refractivity contribution >= 4 is 5.91 Å². The lowest BCUT2D eigenvalue weighted by Gasteiger charge is -2.44. The van der Waals surface area contributed by atoms with E-state index in [0.29, 0.717) is 31.7 Å². The summed E-state index contributed by atoms with van der Waals surface area (Å²) in [5.41, 5.74) is 0.681. The van der Waals surface area contributed by atoms with Crippen LogP contribution < -0.4 is 0 Å². The standard InChI is InChI=1S/C23H23NO3/c25-22-21(16-20-12-7-15-27-20)23(26,19-10-5-2-6-11-19)13-14-24(22)17-18-8-3-1-4-9-18/h1-12,15,21,26H,13-14,16-17H2/t21-,23-/m0/s1. The van der Waals surface area contributed by atoms with Crippen LogP contribution in [-0.4, -0.2) is 22.5 Å². The van der Waals surface area contributed by atoms with Gasteiger partial charge in [0.15, 0.2) is 0 Å². The molecule has 2 heterocycles. The van der Waals surface area contributed by atoms with E-state index in [9.17, 15) is 9.90 Å². The molecule has 4 nitrogen and oxygen atoms in total. The summed E-state index contributed by atoms with van der Waals surface area (Å²) in [6.07, 6.45) is 2.48. The molecule has 0 radical (unpaired) electrons. The highest BCUT2D eigenvalue weighted by atomic mass is 16.3. The highest BCUT2D eigenvalue weighted by Crippen LogP contribution is 2.40. The number of furan rings is 1. The van der Waals surface area contributed by atoms with Gasteiger partial charge in [-0.2, -0.15) is 0 Å². The maximum absolute atomic E-state index is 13.4. The summed E-state index contributed by atoms with van der Waals surface area (Å²) in [6.45, 7) is 1.08. The molecule has 27 heavy (non-hydrogen) atoms. The Balaban J connectivity index is 1.64. The Hall–Kier alpha value is -2.85. The van der Waals surface area contributed by atoms with Gasteiger partial charge in [0.05, 0.1) is 12.2 Å². The van der Waals surface area contributed by atoms with E-state index in [1.165, 1.54) is 0 Å². The Kier molecular flexibility index (Phi) is 4.82. The van der Waals surface area contributed by atoms with E-state index in [0.717, 1.165) is 11.1 Å². The van der Waals surface area contributed by atoms with Gasteiger partial charge in [0.1, 0.15) is 11.4 Å². The number of nitrogens with zero attached hydrogens (tertiary/aromatic N) is 1. The van der Waals surface area contributed by atoms with Gasteiger partial charge < -0.3 is 14.4 Å². The predicted octanol–water partition coefficient (Wildman–Crippen LogP) is 3.76. The van der Waals surface area contributed by atoms with Gasteiger partial charge in [0.2, 0.25) is 5.91 Å². The molecule has 4 heteroatoms. The number of hydrogen-bond donors (Lipinski definition) is 1. The van der Waals surface area contributed by atoms with Crippen LogP contribution in [0.15, 0.2) is 83.5 Å². The fourth-order valence-electron chi connectivity index (χ4n) is 3.93. The number of aliphatic hydroxyl groups is 1. The minimum Gasteiger partial charge on any atom is -0.469 e. The van der Waals surface area contributed by atoms with Gasteiger partial charge >= 0.3 is 0 Å². The molecule has 1 amide bonds. The van der Waals surface area contributed by atoms with Gasteiger partial charge in [-0.15, -0.1) is 0 Å². The molecule has 1 N–H and O–H groups in total. The third-order valence-corrected chi connectivity index (χ3v) is 5.42. The summed E-state index contributed by atoms with van der Waals surface area (Å²) >= 11 is 0. The number of carbonyl (C=O) groups is 1. The van der Waals surface area contributed by atoms with Crippen molar-refractivity contribution in [2.75, 3.05) is 6.54 Å². The third kappa shape index (κ3) is 3.53. The molecule has 2 aromatic carbocycles. The highest BCUT2D eigenvalue weighted by molar-refractivity contribution is 5.81. The fourth-order valence-corrected chi connectivity index (χ4v) is 3.93. The van der Waals surface area contributed by atoms with Crippen molar-refractivity contribution in [1.29, 1.82) is 0 Å². The van der Waals surface area contributed by atoms with Gasteiger partial charge in [-0.3, -0.25) is 4.79 Å². The van der Waals surface area contributed by atoms with Crippen molar-refractivity contribution in [3.8, 4) is 0 Å². The molecule has 1 aliphatic rings. The molecular formula is C23H23NO3. The van der Waals surface area contributed by atoms with E-state index in [1.54, 1.807) is 6.26 Å². The zero-order valence-electron chi connectivity index (χ0n) is 15.1. The number of likely N-dealkylation sites (tertiary alicyclic amines) is 1. The first-order chi connectivity index (χ1) is 13.2. The molecule has 0 bridgehead atoms. The molecule has 3 aromatic rings. The molecule has 0 saturated carbocycles. The van der Waals surface area contributed by atoms with E-state index in [4.69, 9.17) is 4.42 Å². The van der Waals surface area contributed by atoms with Crippen LogP contribution in [0.1, 0.15) is 23.3 Å². The largest absolute Gasteiger partial charge is 0.469 e. The second kappa shape index (κ2) is 7.41. The van der Waals surface area contributed by atoms with Crippen LogP contribution in [0.25, 0.3) is 0 Å². The lowest BCUT2D eigenvalue weighted by atomic mass is 9.73. The van der Waals surface area contributed by atoms with Crippen LogP contribution >= 0.6 is 0 Å². The van der Waals surface area contributed by atoms with E-state index in [2.05, 4.69) is 0 Å². The SMILES string of the molecule is O=C1[C@H](Cc2ccco2)[C@@](O)(c2ccccc2)CCN1Cc1ccccc1. The number of rotatable bonds is 5. The number of carbonyl (C=O) groups excluding carboxylic acids is 1. The maximum atomic E-state index is 13.4. The summed E-state index contributed by atoms with van der Waals surface area (Å²) in [6, 6.07) is 23.1. The van der Waals surface area contributed by atoms with Crippen LogP contribution in [-0.2, 0) is 23.4 Å². The molecule has 138 valence electrons. The normalized spacial score (nSPS) is 22.8. The average molecular weight is 361 g/mol. The minimum atomic E-state index is -1.20. The lowest BCUT2D eigenvalue weighted by molar-refractivity contribution is -0.158. The van der Waals surface area contributed by atoms with Crippen molar-refractivity contribution in [1.82, 2.24) is 4.90 Å². The molecule has 1 aromatic heterocycles. The first-order valence-electron chi connectivity index (χ1n) is 9.30. The van der Waals surface area contributed by atoms with Crippen molar-refractivity contribution in [2.45, 2.75) is 25.0 Å². The quantitative estimate of drug-likeness (QED) is 0.753. The van der Waals surface area contributed by atoms with Gasteiger partial charge in [0, 0.05) is 19.5 Å². The summed E-state index contributed by atoms with van der Waals surface area (Å²) < 4.78 is 5.49. The monoisotopic (exact) mass is 361 g/mol. The maximum Gasteiger partial charge on any atom is 0.229 e. The topological polar surface area (TPSA) is 53.7 Å². The van der Waals surface area contributed by atoms with E-state index < -0.39 is 11.5 Å². The van der Waals surface area contributed by atoms with E-state index >= 15 is 0 Å². The molecule has 0 aliphatic carbocycles. The first kappa shape index (κ1) is 17.6. The van der Waals surface area contributed by atoms with Crippen molar-refractivity contribution in [2.24, 2.45) is 5.92 Å². The molecule has 0 unspecified atom stereocenters. The third-order valence-electron chi connectivity index (χ3n) is 5.42. The number of amides is 1. The van der Waals surface area contributed by atoms with Crippen molar-refractivity contribution in [3.63, 3.8) is 0 Å². The summed E-state index contributed by atoms with van der Waals surface area (Å²) in [5, 5.41) is 11.6. The molecule has 1 fully saturated rings. The first-order valence-corrected chi connectivity index (χ1v) is 9.30. The molecular weight excluding hydrogens is 338 g/mol. The summed E-state index contributed by atoms with van der Waals surface area (Å²) in [5.74, 6) is 0.0978. The van der Waals surface area contributed by atoms with Crippen molar-refractivity contribution < 1.29 is 14.3 Å². The number of hydrogen-bond acceptors (Lipinski definition) is 3. The van der Waals surface area contributed by atoms with Crippen LogP contribution in [0.2, 0.25) is 0 Å². The van der Waals surface area contributed by atoms with Crippen molar-refractivity contribution in [3.05, 3.63) is 95.9 Å². The Morgan fingerprint density at radius 2 is 1.70 bits per heavy atom. The number of benzene rings is 2. The highest BCUT2D eigenvalue weighted by Gasteiger charge is 2.48. The summed E-state index contributed by atoms with van der Waals surface area (Å²) in [4.78, 5) is 15.2. The molecule has 4 rings (SSSR count). The number of piperidine rings is 1. The lowest BCUT2D eigenvalue weighted by Crippen LogP contribution is -2.54. The smallest absolute Gasteiger partial charge is 0.229 e. The van der Waals surface area contributed by atoms with Crippen LogP contribution in [0.3, 0.4) is 0 Å². The fraction of sp³-hybridized carbons (Fsp3) is 0.261. The summed E-state index contributed by atoms with van der Waals surface area (Å²) in [7, 11) is 0. The zero-order chi connectivity index (χ0) is 18.7. The Morgan fingerprint density at radius 1 is 1.00 bits per heavy atom. The molecule has 1 saturated heterocycles. The molecule has 0 spiro atoms. The zero-order valence-corrected chi connectivity index (χ0v) is 15.1. The average Bonchev–Trinajstić information content (AvgIpc) is 3.22. The Bertz CT molecular complexity index is 877. The van der Waals surface area contributed by atoms with Gasteiger partial charge in [-0.05, 0) is 29.7 Å². The molecule has 2 atom stereocenters. The Labute approximate surface area is 159 Å². The van der Waals surface area contributed by atoms with Crippen LogP contribution in [0.4, 0.5) is 0 Å². The second-order valence-electron chi connectivity index (χ2n) is 7.12. The van der Waals surface area contributed by atoms with Crippen LogP contribution in [0, 0.1) is 5.92 Å². The minimum absolute atomic E-state index is 0.0344. The van der Waals surface area contributed by atoms with E-state index in [-0.39, 0.29) is 5.91 Å². The predicted molar refractivity (Wildman–Crippen MR) is 103 cm³/mol. The van der Waals surface area contributed by atoms with Gasteiger partial charge in [-0.25, -0.2) is 0 Å². The van der Waals surface area contributed by atoms with E-state index in [1.807, 2.05) is 77.7 Å². The Morgan fingerprint density at radius 3 is 2.37 bits per heavy atom. The van der Waals surface area contributed by atoms with Crippen LogP contribution in [0.5, 0.6) is 0 Å². The molecule has 1 aliphatic heterocycles. The van der Waals surface area contributed by atoms with Gasteiger partial charge in [0.25, 0.3) is 0 Å².